The number of ketones is 1. The van der Waals surface area contributed by atoms with Crippen LogP contribution in [0.2, 0.25) is 0 Å². The van der Waals surface area contributed by atoms with E-state index >= 15 is 0 Å². The molecule has 1 amide bonds. The van der Waals surface area contributed by atoms with E-state index in [1.165, 1.54) is 0 Å². The van der Waals surface area contributed by atoms with Crippen molar-refractivity contribution < 1.29 is 14.3 Å². The van der Waals surface area contributed by atoms with Gasteiger partial charge in [0.05, 0.1) is 12.7 Å². The molecule has 0 unspecified atom stereocenters. The molecule has 24 heavy (non-hydrogen) atoms. The number of hydrogen-bond donors (Lipinski definition) is 1. The van der Waals surface area contributed by atoms with Crippen LogP contribution >= 0.6 is 0 Å². The van der Waals surface area contributed by atoms with E-state index in [1.54, 1.807) is 0 Å². The van der Waals surface area contributed by atoms with Gasteiger partial charge in [0.15, 0.2) is 0 Å². The normalized spacial score (nSPS) is 11.6. The lowest BCUT2D eigenvalue weighted by Crippen LogP contribution is -2.24. The second-order valence-corrected chi connectivity index (χ2v) is 7.48. The van der Waals surface area contributed by atoms with Crippen LogP contribution in [0.25, 0.3) is 0 Å². The van der Waals surface area contributed by atoms with Gasteiger partial charge in [-0.15, -0.1) is 0 Å². The summed E-state index contributed by atoms with van der Waals surface area (Å²) in [5.74, 6) is 0.193. The molecular formula is C20H31NO3. The second kappa shape index (κ2) is 9.58. The number of carbonyl (C=O) groups excluding carboxylic acids is 2. The highest BCUT2D eigenvalue weighted by Crippen LogP contribution is 2.18. The molecule has 0 aliphatic rings. The first-order valence-electron chi connectivity index (χ1n) is 8.68. The van der Waals surface area contributed by atoms with Crippen LogP contribution in [0, 0.1) is 5.41 Å². The topological polar surface area (TPSA) is 55.4 Å². The molecule has 1 rings (SSSR count). The van der Waals surface area contributed by atoms with Gasteiger partial charge in [0, 0.05) is 24.8 Å². The lowest BCUT2D eigenvalue weighted by atomic mass is 9.88. The predicted molar refractivity (Wildman–Crippen MR) is 96.5 cm³/mol. The fourth-order valence-corrected chi connectivity index (χ4v) is 2.09. The van der Waals surface area contributed by atoms with Crippen molar-refractivity contribution in [3.8, 4) is 0 Å². The van der Waals surface area contributed by atoms with Gasteiger partial charge in [-0.3, -0.25) is 9.59 Å². The molecule has 0 aromatic heterocycles. The number of benzene rings is 1. The molecule has 1 aromatic rings. The first-order valence-corrected chi connectivity index (χ1v) is 8.68. The van der Waals surface area contributed by atoms with Crippen LogP contribution in [0.1, 0.15) is 65.0 Å². The van der Waals surface area contributed by atoms with Crippen LogP contribution in [0.3, 0.4) is 0 Å². The van der Waals surface area contributed by atoms with E-state index in [0.29, 0.717) is 32.4 Å². The first-order chi connectivity index (χ1) is 11.2. The van der Waals surface area contributed by atoms with Crippen molar-refractivity contribution in [2.45, 2.75) is 73.1 Å². The molecule has 0 fully saturated rings. The molecule has 4 nitrogen and oxygen atoms in total. The van der Waals surface area contributed by atoms with Crippen LogP contribution < -0.4 is 5.32 Å². The summed E-state index contributed by atoms with van der Waals surface area (Å²) in [6.45, 7) is 10.9. The molecule has 0 saturated carbocycles. The molecule has 1 aromatic carbocycles. The van der Waals surface area contributed by atoms with Crippen molar-refractivity contribution in [1.29, 1.82) is 0 Å². The Morgan fingerprint density at radius 3 is 2.17 bits per heavy atom. The van der Waals surface area contributed by atoms with E-state index in [-0.39, 0.29) is 23.2 Å². The molecule has 0 heterocycles. The summed E-state index contributed by atoms with van der Waals surface area (Å²) in [7, 11) is 0. The van der Waals surface area contributed by atoms with Crippen molar-refractivity contribution in [3.63, 3.8) is 0 Å². The van der Waals surface area contributed by atoms with Gasteiger partial charge in [-0.1, -0.05) is 45.0 Å². The largest absolute Gasteiger partial charge is 0.374 e. The molecule has 4 heteroatoms. The molecule has 0 bridgehead atoms. The zero-order valence-electron chi connectivity index (χ0n) is 15.6. The average molecular weight is 333 g/mol. The summed E-state index contributed by atoms with van der Waals surface area (Å²) in [5.41, 5.74) is 1.86. The Morgan fingerprint density at radius 1 is 1.04 bits per heavy atom. The number of rotatable bonds is 9. The minimum Gasteiger partial charge on any atom is -0.374 e. The Morgan fingerprint density at radius 2 is 1.62 bits per heavy atom. The summed E-state index contributed by atoms with van der Waals surface area (Å²) >= 11 is 0. The van der Waals surface area contributed by atoms with Crippen molar-refractivity contribution in [2.24, 2.45) is 5.41 Å². The summed E-state index contributed by atoms with van der Waals surface area (Å²) in [5, 5.41) is 2.90. The summed E-state index contributed by atoms with van der Waals surface area (Å²) in [4.78, 5) is 23.7. The Hall–Kier alpha value is -1.68. The van der Waals surface area contributed by atoms with Crippen LogP contribution in [0.15, 0.2) is 24.3 Å². The van der Waals surface area contributed by atoms with E-state index < -0.39 is 0 Å². The lowest BCUT2D eigenvalue weighted by Gasteiger charge is -2.16. The molecule has 0 radical (unpaired) electrons. The fraction of sp³-hybridized carbons (Fsp3) is 0.600. The maximum atomic E-state index is 11.8. The van der Waals surface area contributed by atoms with Crippen molar-refractivity contribution in [2.75, 3.05) is 0 Å². The number of nitrogens with one attached hydrogen (secondary N) is 1. The van der Waals surface area contributed by atoms with Gasteiger partial charge in [-0.2, -0.15) is 0 Å². The quantitative estimate of drug-likeness (QED) is 0.743. The number of amides is 1. The monoisotopic (exact) mass is 333 g/mol. The SMILES string of the molecule is CC(C)OCc1ccc(CNC(=O)CCCC(=O)C(C)(C)C)cc1. The molecular weight excluding hydrogens is 302 g/mol. The highest BCUT2D eigenvalue weighted by Gasteiger charge is 2.20. The Balaban J connectivity index is 2.28. The fourth-order valence-electron chi connectivity index (χ4n) is 2.09. The van der Waals surface area contributed by atoms with Crippen molar-refractivity contribution in [1.82, 2.24) is 5.32 Å². The highest BCUT2D eigenvalue weighted by molar-refractivity contribution is 5.84. The Kier molecular flexibility index (Phi) is 8.13. The van der Waals surface area contributed by atoms with Gasteiger partial charge in [-0.05, 0) is 31.4 Å². The lowest BCUT2D eigenvalue weighted by molar-refractivity contribution is -0.126. The van der Waals surface area contributed by atoms with Gasteiger partial charge in [0.2, 0.25) is 5.91 Å². The van der Waals surface area contributed by atoms with Crippen LogP contribution in [0.5, 0.6) is 0 Å². The minimum atomic E-state index is -0.322. The Labute approximate surface area is 146 Å². The number of Topliss-reactive ketones (excluding diaryl/α,β-unsaturated/α-hetero) is 1. The van der Waals surface area contributed by atoms with Gasteiger partial charge in [-0.25, -0.2) is 0 Å². The van der Waals surface area contributed by atoms with E-state index in [9.17, 15) is 9.59 Å². The zero-order valence-corrected chi connectivity index (χ0v) is 15.6. The van der Waals surface area contributed by atoms with Crippen molar-refractivity contribution in [3.05, 3.63) is 35.4 Å². The average Bonchev–Trinajstić information content (AvgIpc) is 2.50. The van der Waals surface area contributed by atoms with Gasteiger partial charge in [0.1, 0.15) is 5.78 Å². The van der Waals surface area contributed by atoms with Crippen LogP contribution in [-0.2, 0) is 27.5 Å². The third kappa shape index (κ3) is 8.25. The van der Waals surface area contributed by atoms with Crippen LogP contribution in [0.4, 0.5) is 0 Å². The maximum absolute atomic E-state index is 11.8. The number of carbonyl (C=O) groups is 2. The smallest absolute Gasteiger partial charge is 0.220 e. The molecule has 0 spiro atoms. The van der Waals surface area contributed by atoms with E-state index in [0.717, 1.165) is 11.1 Å². The van der Waals surface area contributed by atoms with Gasteiger partial charge < -0.3 is 10.1 Å². The van der Waals surface area contributed by atoms with Crippen molar-refractivity contribution >= 4 is 11.7 Å². The van der Waals surface area contributed by atoms with Gasteiger partial charge >= 0.3 is 0 Å². The third-order valence-corrected chi connectivity index (χ3v) is 3.74. The van der Waals surface area contributed by atoms with E-state index in [4.69, 9.17) is 4.74 Å². The minimum absolute atomic E-state index is 0.0103. The molecule has 0 atom stereocenters. The highest BCUT2D eigenvalue weighted by atomic mass is 16.5. The standard InChI is InChI=1S/C20H31NO3/c1-15(2)24-14-17-11-9-16(10-12-17)13-21-19(23)8-6-7-18(22)20(3,4)5/h9-12,15H,6-8,13-14H2,1-5H3,(H,21,23). The Bertz CT molecular complexity index is 527. The molecule has 0 aliphatic carbocycles. The zero-order chi connectivity index (χ0) is 18.2. The summed E-state index contributed by atoms with van der Waals surface area (Å²) in [6, 6.07) is 8.04. The maximum Gasteiger partial charge on any atom is 0.220 e. The summed E-state index contributed by atoms with van der Waals surface area (Å²) in [6.07, 6.45) is 1.67. The van der Waals surface area contributed by atoms with E-state index in [2.05, 4.69) is 5.32 Å². The molecule has 134 valence electrons. The summed E-state index contributed by atoms with van der Waals surface area (Å²) < 4.78 is 5.56. The number of hydrogen-bond acceptors (Lipinski definition) is 3. The second-order valence-electron chi connectivity index (χ2n) is 7.48. The van der Waals surface area contributed by atoms with Gasteiger partial charge in [0.25, 0.3) is 0 Å². The predicted octanol–water partition coefficient (Wildman–Crippen LogP) is 4.01. The van der Waals surface area contributed by atoms with Crippen LogP contribution in [-0.4, -0.2) is 17.8 Å². The number of ether oxygens (including phenoxy) is 1. The first kappa shape index (κ1) is 20.4. The molecule has 0 saturated heterocycles. The molecule has 0 aliphatic heterocycles. The van der Waals surface area contributed by atoms with E-state index in [1.807, 2.05) is 58.9 Å². The third-order valence-electron chi connectivity index (χ3n) is 3.74. The molecule has 1 N–H and O–H groups in total.